The maximum absolute atomic E-state index is 12.9. The standard InChI is InChI=1S/C26H24ClN3O2S/c27-23-11-13-24(14-12-23)33(31,32)25(19-28)20-29-15-17-30(18-16-29)26(21-7-3-1-4-8-21)22-9-5-2-6-10-22/h1-14,20,26H,15-18H2/b25-20+. The van der Waals surface area contributed by atoms with E-state index in [1.54, 1.807) is 0 Å². The highest BCUT2D eigenvalue weighted by Gasteiger charge is 2.27. The summed E-state index contributed by atoms with van der Waals surface area (Å²) < 4.78 is 25.8. The number of allylic oxidation sites excluding steroid dienone is 1. The second-order valence-electron chi connectivity index (χ2n) is 7.86. The van der Waals surface area contributed by atoms with E-state index in [2.05, 4.69) is 29.2 Å². The predicted molar refractivity (Wildman–Crippen MR) is 130 cm³/mol. The molecule has 0 radical (unpaired) electrons. The maximum Gasteiger partial charge on any atom is 0.218 e. The van der Waals surface area contributed by atoms with Crippen molar-refractivity contribution in [3.05, 3.63) is 112 Å². The minimum atomic E-state index is -3.90. The molecule has 0 amide bonds. The second kappa shape index (κ2) is 10.2. The first kappa shape index (κ1) is 23.1. The van der Waals surface area contributed by atoms with Gasteiger partial charge in [-0.25, -0.2) is 8.42 Å². The summed E-state index contributed by atoms with van der Waals surface area (Å²) in [5.41, 5.74) is 2.44. The summed E-state index contributed by atoms with van der Waals surface area (Å²) in [4.78, 5) is 4.11. The van der Waals surface area contributed by atoms with Gasteiger partial charge < -0.3 is 4.90 Å². The Kier molecular flexibility index (Phi) is 7.14. The Morgan fingerprint density at radius 1 is 0.848 bits per heavy atom. The summed E-state index contributed by atoms with van der Waals surface area (Å²) in [6.45, 7) is 2.73. The predicted octanol–water partition coefficient (Wildman–Crippen LogP) is 4.89. The van der Waals surface area contributed by atoms with Gasteiger partial charge in [0.25, 0.3) is 0 Å². The van der Waals surface area contributed by atoms with Gasteiger partial charge in [-0.3, -0.25) is 4.90 Å². The molecule has 0 atom stereocenters. The monoisotopic (exact) mass is 477 g/mol. The van der Waals surface area contributed by atoms with E-state index in [1.165, 1.54) is 41.6 Å². The quantitative estimate of drug-likeness (QED) is 0.473. The normalized spacial score (nSPS) is 15.4. The van der Waals surface area contributed by atoms with Gasteiger partial charge in [0.1, 0.15) is 6.07 Å². The largest absolute Gasteiger partial charge is 0.373 e. The van der Waals surface area contributed by atoms with Gasteiger partial charge >= 0.3 is 0 Å². The summed E-state index contributed by atoms with van der Waals surface area (Å²) in [7, 11) is -3.90. The highest BCUT2D eigenvalue weighted by atomic mass is 35.5. The molecule has 0 aromatic heterocycles. The number of benzene rings is 3. The molecule has 1 saturated heterocycles. The van der Waals surface area contributed by atoms with Crippen molar-refractivity contribution in [3.8, 4) is 6.07 Å². The van der Waals surface area contributed by atoms with Crippen LogP contribution in [0.5, 0.6) is 0 Å². The van der Waals surface area contributed by atoms with Crippen LogP contribution >= 0.6 is 11.6 Å². The summed E-state index contributed by atoms with van der Waals surface area (Å²) in [6.07, 6.45) is 1.47. The fourth-order valence-corrected chi connectivity index (χ4v) is 5.36. The number of rotatable bonds is 6. The zero-order valence-electron chi connectivity index (χ0n) is 18.0. The summed E-state index contributed by atoms with van der Waals surface area (Å²) in [6, 6.07) is 28.6. The molecule has 3 aromatic rings. The molecule has 5 nitrogen and oxygen atoms in total. The van der Waals surface area contributed by atoms with Gasteiger partial charge in [0, 0.05) is 37.4 Å². The molecule has 168 valence electrons. The third kappa shape index (κ3) is 5.28. The zero-order chi connectivity index (χ0) is 23.3. The fourth-order valence-electron chi connectivity index (χ4n) is 4.07. The van der Waals surface area contributed by atoms with Crippen molar-refractivity contribution in [3.63, 3.8) is 0 Å². The van der Waals surface area contributed by atoms with E-state index in [0.717, 1.165) is 13.1 Å². The first-order valence-corrected chi connectivity index (χ1v) is 12.6. The van der Waals surface area contributed by atoms with Crippen LogP contribution in [0, 0.1) is 11.3 Å². The first-order valence-electron chi connectivity index (χ1n) is 10.7. The van der Waals surface area contributed by atoms with E-state index in [1.807, 2.05) is 47.4 Å². The molecule has 1 aliphatic rings. The molecule has 1 aliphatic heterocycles. The molecule has 0 unspecified atom stereocenters. The lowest BCUT2D eigenvalue weighted by atomic mass is 9.96. The summed E-state index contributed by atoms with van der Waals surface area (Å²) in [5, 5.41) is 10.0. The topological polar surface area (TPSA) is 64.4 Å². The van der Waals surface area contributed by atoms with Gasteiger partial charge in [0.05, 0.1) is 10.9 Å². The van der Waals surface area contributed by atoms with Gasteiger partial charge in [-0.2, -0.15) is 5.26 Å². The number of piperazine rings is 1. The average molecular weight is 478 g/mol. The number of nitriles is 1. The van der Waals surface area contributed by atoms with Gasteiger partial charge in [0.2, 0.25) is 9.84 Å². The van der Waals surface area contributed by atoms with Crippen LogP contribution in [0.25, 0.3) is 0 Å². The lowest BCUT2D eigenvalue weighted by molar-refractivity contribution is 0.139. The highest BCUT2D eigenvalue weighted by molar-refractivity contribution is 7.95. The maximum atomic E-state index is 12.9. The van der Waals surface area contributed by atoms with Gasteiger partial charge in [0.15, 0.2) is 4.91 Å². The first-order chi connectivity index (χ1) is 16.0. The van der Waals surface area contributed by atoms with Crippen LogP contribution < -0.4 is 0 Å². The molecular weight excluding hydrogens is 454 g/mol. The minimum Gasteiger partial charge on any atom is -0.373 e. The Morgan fingerprint density at radius 2 is 1.36 bits per heavy atom. The highest BCUT2D eigenvalue weighted by Crippen LogP contribution is 2.30. The van der Waals surface area contributed by atoms with Gasteiger partial charge in [-0.05, 0) is 35.4 Å². The van der Waals surface area contributed by atoms with E-state index in [9.17, 15) is 13.7 Å². The fraction of sp³-hybridized carbons (Fsp3) is 0.192. The summed E-state index contributed by atoms with van der Waals surface area (Å²) >= 11 is 5.87. The van der Waals surface area contributed by atoms with Crippen molar-refractivity contribution in [2.45, 2.75) is 10.9 Å². The van der Waals surface area contributed by atoms with Crippen LogP contribution in [0.2, 0.25) is 5.02 Å². The van der Waals surface area contributed by atoms with Crippen molar-refractivity contribution < 1.29 is 8.42 Å². The van der Waals surface area contributed by atoms with Crippen molar-refractivity contribution in [2.75, 3.05) is 26.2 Å². The number of nitrogens with zero attached hydrogens (tertiary/aromatic N) is 3. The van der Waals surface area contributed by atoms with Crippen molar-refractivity contribution in [2.24, 2.45) is 0 Å². The molecule has 0 N–H and O–H groups in total. The number of halogens is 1. The molecule has 0 saturated carbocycles. The minimum absolute atomic E-state index is 0.0616. The summed E-state index contributed by atoms with van der Waals surface area (Å²) in [5.74, 6) is 0. The Balaban J connectivity index is 1.53. The Hall–Kier alpha value is -3.11. The Labute approximate surface area is 200 Å². The lowest BCUT2D eigenvalue weighted by Gasteiger charge is -2.39. The van der Waals surface area contributed by atoms with E-state index >= 15 is 0 Å². The van der Waals surface area contributed by atoms with Crippen LogP contribution in [0.3, 0.4) is 0 Å². The number of hydrogen-bond acceptors (Lipinski definition) is 5. The van der Waals surface area contributed by atoms with Crippen molar-refractivity contribution in [1.82, 2.24) is 9.80 Å². The van der Waals surface area contributed by atoms with Crippen LogP contribution in [-0.4, -0.2) is 44.4 Å². The van der Waals surface area contributed by atoms with Gasteiger partial charge in [-0.15, -0.1) is 0 Å². The van der Waals surface area contributed by atoms with E-state index < -0.39 is 9.84 Å². The average Bonchev–Trinajstić information content (AvgIpc) is 2.85. The molecule has 3 aromatic carbocycles. The Morgan fingerprint density at radius 3 is 1.85 bits per heavy atom. The van der Waals surface area contributed by atoms with Gasteiger partial charge in [-0.1, -0.05) is 72.3 Å². The molecule has 1 fully saturated rings. The zero-order valence-corrected chi connectivity index (χ0v) is 19.6. The molecule has 7 heteroatoms. The van der Waals surface area contributed by atoms with Crippen molar-refractivity contribution >= 4 is 21.4 Å². The molecular formula is C26H24ClN3O2S. The van der Waals surface area contributed by atoms with E-state index in [-0.39, 0.29) is 15.8 Å². The van der Waals surface area contributed by atoms with Crippen LogP contribution in [0.4, 0.5) is 0 Å². The lowest BCUT2D eigenvalue weighted by Crippen LogP contribution is -2.46. The van der Waals surface area contributed by atoms with Crippen LogP contribution in [0.15, 0.2) is 101 Å². The van der Waals surface area contributed by atoms with Crippen molar-refractivity contribution in [1.29, 1.82) is 5.26 Å². The smallest absolute Gasteiger partial charge is 0.218 e. The SMILES string of the molecule is N#C/C(=C\N1CCN(C(c2ccccc2)c2ccccc2)CC1)S(=O)(=O)c1ccc(Cl)cc1. The molecule has 33 heavy (non-hydrogen) atoms. The number of sulfone groups is 1. The molecule has 4 rings (SSSR count). The van der Waals surface area contributed by atoms with E-state index in [0.29, 0.717) is 18.1 Å². The number of hydrogen-bond donors (Lipinski definition) is 0. The Bertz CT molecular complexity index is 1210. The molecule has 0 bridgehead atoms. The molecule has 0 aliphatic carbocycles. The third-order valence-corrected chi connectivity index (χ3v) is 7.69. The third-order valence-electron chi connectivity index (χ3n) is 5.77. The second-order valence-corrected chi connectivity index (χ2v) is 10.2. The molecule has 1 heterocycles. The molecule has 0 spiro atoms. The van der Waals surface area contributed by atoms with Crippen LogP contribution in [-0.2, 0) is 9.84 Å². The van der Waals surface area contributed by atoms with Crippen LogP contribution in [0.1, 0.15) is 17.2 Å². The van der Waals surface area contributed by atoms with E-state index in [4.69, 9.17) is 11.6 Å².